The van der Waals surface area contributed by atoms with Crippen LogP contribution >= 0.6 is 0 Å². The topological polar surface area (TPSA) is 28.2 Å². The zero-order valence-corrected chi connectivity index (χ0v) is 13.0. The van der Waals surface area contributed by atoms with Gasteiger partial charge in [-0.1, -0.05) is 25.1 Å². The maximum atomic E-state index is 4.77. The van der Waals surface area contributed by atoms with Crippen LogP contribution in [-0.4, -0.2) is 29.0 Å². The molecule has 3 nitrogen and oxygen atoms in total. The van der Waals surface area contributed by atoms with Crippen LogP contribution in [0.5, 0.6) is 0 Å². The summed E-state index contributed by atoms with van der Waals surface area (Å²) in [6.07, 6.45) is 0. The van der Waals surface area contributed by atoms with E-state index in [-0.39, 0.29) is 0 Å². The standard InChI is InChI=1S/C17H25N3/c1-5-18-17-15(12-20(6-2)13(3)4)11-14-9-7-8-10-16(14)19-17/h7-11,13H,5-6,12H2,1-4H3,(H,18,19). The van der Waals surface area contributed by atoms with E-state index < -0.39 is 0 Å². The fourth-order valence-electron chi connectivity index (χ4n) is 2.48. The molecule has 0 atom stereocenters. The summed E-state index contributed by atoms with van der Waals surface area (Å²) in [5, 5.41) is 4.61. The molecule has 2 rings (SSSR count). The lowest BCUT2D eigenvalue weighted by Crippen LogP contribution is -2.30. The molecule has 0 bridgehead atoms. The summed E-state index contributed by atoms with van der Waals surface area (Å²) < 4.78 is 0. The van der Waals surface area contributed by atoms with Crippen molar-refractivity contribution in [1.29, 1.82) is 0 Å². The lowest BCUT2D eigenvalue weighted by atomic mass is 10.1. The third-order valence-electron chi connectivity index (χ3n) is 3.66. The van der Waals surface area contributed by atoms with Crippen LogP contribution in [0.1, 0.15) is 33.3 Å². The zero-order chi connectivity index (χ0) is 14.5. The molecule has 1 N–H and O–H groups in total. The Labute approximate surface area is 122 Å². The van der Waals surface area contributed by atoms with E-state index in [1.165, 1.54) is 10.9 Å². The molecular weight excluding hydrogens is 246 g/mol. The van der Waals surface area contributed by atoms with E-state index in [9.17, 15) is 0 Å². The first kappa shape index (κ1) is 14.8. The van der Waals surface area contributed by atoms with Crippen molar-refractivity contribution in [2.45, 2.75) is 40.3 Å². The van der Waals surface area contributed by atoms with Crippen LogP contribution in [0.2, 0.25) is 0 Å². The number of para-hydroxylation sites is 1. The van der Waals surface area contributed by atoms with Crippen LogP contribution in [0, 0.1) is 0 Å². The Kier molecular flexibility index (Phi) is 4.96. The lowest BCUT2D eigenvalue weighted by Gasteiger charge is -2.26. The van der Waals surface area contributed by atoms with Crippen LogP contribution in [0.15, 0.2) is 30.3 Å². The number of aromatic nitrogens is 1. The summed E-state index contributed by atoms with van der Waals surface area (Å²) in [5.74, 6) is 1.02. The fourth-order valence-corrected chi connectivity index (χ4v) is 2.48. The second-order valence-corrected chi connectivity index (χ2v) is 5.38. The number of hydrogen-bond acceptors (Lipinski definition) is 3. The molecule has 0 fully saturated rings. The molecule has 3 heteroatoms. The lowest BCUT2D eigenvalue weighted by molar-refractivity contribution is 0.225. The molecule has 0 aliphatic heterocycles. The van der Waals surface area contributed by atoms with Crippen molar-refractivity contribution in [2.24, 2.45) is 0 Å². The van der Waals surface area contributed by atoms with Gasteiger partial charge in [0.1, 0.15) is 5.82 Å². The Morgan fingerprint density at radius 2 is 1.95 bits per heavy atom. The van der Waals surface area contributed by atoms with Crippen LogP contribution in [0.25, 0.3) is 10.9 Å². The molecule has 1 aromatic carbocycles. The third kappa shape index (κ3) is 3.28. The first-order chi connectivity index (χ1) is 9.65. The van der Waals surface area contributed by atoms with Gasteiger partial charge in [-0.15, -0.1) is 0 Å². The minimum absolute atomic E-state index is 0.543. The Balaban J connectivity index is 2.40. The number of hydrogen-bond donors (Lipinski definition) is 1. The summed E-state index contributed by atoms with van der Waals surface area (Å²) in [4.78, 5) is 7.22. The molecular formula is C17H25N3. The maximum Gasteiger partial charge on any atom is 0.131 e. The fraction of sp³-hybridized carbons (Fsp3) is 0.471. The number of pyridine rings is 1. The smallest absolute Gasteiger partial charge is 0.131 e. The van der Waals surface area contributed by atoms with E-state index in [2.05, 4.69) is 62.2 Å². The second-order valence-electron chi connectivity index (χ2n) is 5.38. The molecule has 0 aliphatic carbocycles. The summed E-state index contributed by atoms with van der Waals surface area (Å²) in [5.41, 5.74) is 2.33. The predicted molar refractivity (Wildman–Crippen MR) is 87.1 cm³/mol. The number of fused-ring (bicyclic) bond motifs is 1. The Morgan fingerprint density at radius 1 is 1.20 bits per heavy atom. The molecule has 0 amide bonds. The Morgan fingerprint density at radius 3 is 2.60 bits per heavy atom. The first-order valence-electron chi connectivity index (χ1n) is 7.52. The van der Waals surface area contributed by atoms with Gasteiger partial charge < -0.3 is 5.32 Å². The highest BCUT2D eigenvalue weighted by Crippen LogP contribution is 2.22. The van der Waals surface area contributed by atoms with Gasteiger partial charge in [-0.2, -0.15) is 0 Å². The van der Waals surface area contributed by atoms with Gasteiger partial charge in [-0.3, -0.25) is 4.90 Å². The van der Waals surface area contributed by atoms with E-state index in [1.807, 2.05) is 6.07 Å². The molecule has 1 aromatic heterocycles. The second kappa shape index (κ2) is 6.71. The molecule has 0 saturated carbocycles. The average Bonchev–Trinajstić information content (AvgIpc) is 2.44. The number of benzene rings is 1. The minimum Gasteiger partial charge on any atom is -0.370 e. The number of anilines is 1. The number of nitrogens with one attached hydrogen (secondary N) is 1. The monoisotopic (exact) mass is 271 g/mol. The summed E-state index contributed by atoms with van der Waals surface area (Å²) in [6.45, 7) is 11.7. The van der Waals surface area contributed by atoms with Crippen molar-refractivity contribution in [3.8, 4) is 0 Å². The highest BCUT2D eigenvalue weighted by atomic mass is 15.1. The highest BCUT2D eigenvalue weighted by molar-refractivity contribution is 5.81. The van der Waals surface area contributed by atoms with Gasteiger partial charge in [0.25, 0.3) is 0 Å². The van der Waals surface area contributed by atoms with Gasteiger partial charge in [-0.25, -0.2) is 4.98 Å². The van der Waals surface area contributed by atoms with Crippen molar-refractivity contribution in [3.05, 3.63) is 35.9 Å². The third-order valence-corrected chi connectivity index (χ3v) is 3.66. The molecule has 20 heavy (non-hydrogen) atoms. The van der Waals surface area contributed by atoms with Gasteiger partial charge in [-0.05, 0) is 39.4 Å². The molecule has 0 spiro atoms. The van der Waals surface area contributed by atoms with Crippen LogP contribution in [0.3, 0.4) is 0 Å². The summed E-state index contributed by atoms with van der Waals surface area (Å²) in [6, 6.07) is 11.1. The van der Waals surface area contributed by atoms with Gasteiger partial charge in [0.15, 0.2) is 0 Å². The molecule has 0 unspecified atom stereocenters. The highest BCUT2D eigenvalue weighted by Gasteiger charge is 2.12. The van der Waals surface area contributed by atoms with E-state index >= 15 is 0 Å². The van der Waals surface area contributed by atoms with E-state index in [1.54, 1.807) is 0 Å². The largest absolute Gasteiger partial charge is 0.370 e. The Hall–Kier alpha value is -1.61. The zero-order valence-electron chi connectivity index (χ0n) is 13.0. The minimum atomic E-state index is 0.543. The molecule has 1 heterocycles. The number of rotatable bonds is 6. The normalized spacial score (nSPS) is 11.5. The van der Waals surface area contributed by atoms with Crippen molar-refractivity contribution in [1.82, 2.24) is 9.88 Å². The molecule has 0 saturated heterocycles. The van der Waals surface area contributed by atoms with Gasteiger partial charge >= 0.3 is 0 Å². The van der Waals surface area contributed by atoms with E-state index in [4.69, 9.17) is 4.98 Å². The van der Waals surface area contributed by atoms with Gasteiger partial charge in [0.05, 0.1) is 5.52 Å². The van der Waals surface area contributed by atoms with E-state index in [0.29, 0.717) is 6.04 Å². The van der Waals surface area contributed by atoms with E-state index in [0.717, 1.165) is 31.0 Å². The Bertz CT molecular complexity index is 563. The van der Waals surface area contributed by atoms with Crippen molar-refractivity contribution in [2.75, 3.05) is 18.4 Å². The molecule has 0 radical (unpaired) electrons. The predicted octanol–water partition coefficient (Wildman–Crippen LogP) is 3.90. The van der Waals surface area contributed by atoms with Crippen molar-refractivity contribution >= 4 is 16.7 Å². The van der Waals surface area contributed by atoms with Crippen LogP contribution < -0.4 is 5.32 Å². The molecule has 0 aliphatic rings. The first-order valence-corrected chi connectivity index (χ1v) is 7.52. The molecule has 2 aromatic rings. The molecule has 108 valence electrons. The van der Waals surface area contributed by atoms with Crippen LogP contribution in [0.4, 0.5) is 5.82 Å². The maximum absolute atomic E-state index is 4.77. The SMILES string of the molecule is CCNc1nc2ccccc2cc1CN(CC)C(C)C. The van der Waals surface area contributed by atoms with Gasteiger partial charge in [0.2, 0.25) is 0 Å². The van der Waals surface area contributed by atoms with Crippen molar-refractivity contribution < 1.29 is 0 Å². The summed E-state index contributed by atoms with van der Waals surface area (Å²) in [7, 11) is 0. The average molecular weight is 271 g/mol. The van der Waals surface area contributed by atoms with Crippen LogP contribution in [-0.2, 0) is 6.54 Å². The quantitative estimate of drug-likeness (QED) is 0.863. The van der Waals surface area contributed by atoms with Crippen molar-refractivity contribution in [3.63, 3.8) is 0 Å². The summed E-state index contributed by atoms with van der Waals surface area (Å²) >= 11 is 0. The number of nitrogens with zero attached hydrogens (tertiary/aromatic N) is 2. The van der Waals surface area contributed by atoms with Gasteiger partial charge in [0, 0.05) is 30.1 Å².